The third-order valence-corrected chi connectivity index (χ3v) is 5.63. The minimum Gasteiger partial charge on any atom is -0.504 e. The van der Waals surface area contributed by atoms with Gasteiger partial charge in [0.15, 0.2) is 17.2 Å². The number of likely N-dealkylation sites (tertiary alicyclic amines) is 1. The van der Waals surface area contributed by atoms with Crippen LogP contribution in [0.2, 0.25) is 0 Å². The molecular weight excluding hydrogens is 442 g/mol. The Bertz CT molecular complexity index is 1170. The molecule has 1 unspecified atom stereocenters. The number of phenolic OH excluding ortho intramolecular Hbond substituents is 1. The number of hydrogen-bond donors (Lipinski definition) is 3. The van der Waals surface area contributed by atoms with E-state index in [1.165, 1.54) is 23.4 Å². The molecule has 1 fully saturated rings. The summed E-state index contributed by atoms with van der Waals surface area (Å²) in [5.41, 5.74) is 9.57. The average molecular weight is 470 g/mol. The molecule has 13 heteroatoms. The molecule has 2 aromatic heterocycles. The molecule has 3 aromatic rings. The Hall–Kier alpha value is -4.00. The summed E-state index contributed by atoms with van der Waals surface area (Å²) in [4.78, 5) is 15.2. The van der Waals surface area contributed by atoms with E-state index in [1.807, 2.05) is 6.92 Å². The first-order chi connectivity index (χ1) is 16.5. The number of piperidine rings is 1. The van der Waals surface area contributed by atoms with Crippen molar-refractivity contribution in [1.29, 1.82) is 0 Å². The van der Waals surface area contributed by atoms with E-state index in [-0.39, 0.29) is 23.1 Å². The Labute approximate surface area is 195 Å². The van der Waals surface area contributed by atoms with Gasteiger partial charge in [0, 0.05) is 12.6 Å². The Balaban J connectivity index is 1.56. The number of aromatic hydroxyl groups is 1. The van der Waals surface area contributed by atoms with Crippen molar-refractivity contribution in [2.75, 3.05) is 18.9 Å². The Morgan fingerprint density at radius 2 is 2.26 bits per heavy atom. The lowest BCUT2D eigenvalue weighted by molar-refractivity contribution is 0.0945. The van der Waals surface area contributed by atoms with Gasteiger partial charge in [-0.25, -0.2) is 10.1 Å². The number of nitrogen functional groups attached to an aromatic ring is 1. The van der Waals surface area contributed by atoms with Crippen LogP contribution in [0.3, 0.4) is 0 Å². The normalized spacial score (nSPS) is 16.7. The summed E-state index contributed by atoms with van der Waals surface area (Å²) in [5, 5.41) is 29.4. The van der Waals surface area contributed by atoms with Crippen LogP contribution < -0.4 is 15.9 Å². The zero-order valence-electron chi connectivity index (χ0n) is 19.0. The number of nitrogens with zero attached hydrogens (tertiary/aromatic N) is 7. The van der Waals surface area contributed by atoms with Crippen LogP contribution in [0.15, 0.2) is 27.9 Å². The first-order valence-electron chi connectivity index (χ1n) is 11.0. The van der Waals surface area contributed by atoms with Crippen LogP contribution in [0.5, 0.6) is 11.5 Å². The molecule has 1 aliphatic rings. The fourth-order valence-electron chi connectivity index (χ4n) is 3.81. The molecule has 0 bridgehead atoms. The van der Waals surface area contributed by atoms with Crippen LogP contribution in [-0.2, 0) is 6.54 Å². The van der Waals surface area contributed by atoms with Gasteiger partial charge in [-0.3, -0.25) is 9.69 Å². The number of hydrazone groups is 1. The van der Waals surface area contributed by atoms with Gasteiger partial charge in [-0.15, -0.1) is 5.10 Å². The molecule has 0 aliphatic carbocycles. The molecule has 1 aromatic carbocycles. The number of carbonyl (C=O) groups excluding carboxylic acids is 1. The molecule has 34 heavy (non-hydrogen) atoms. The van der Waals surface area contributed by atoms with Gasteiger partial charge in [0.05, 0.1) is 18.5 Å². The molecule has 180 valence electrons. The van der Waals surface area contributed by atoms with E-state index in [9.17, 15) is 9.90 Å². The van der Waals surface area contributed by atoms with Crippen molar-refractivity contribution in [2.45, 2.75) is 45.7 Å². The fourth-order valence-corrected chi connectivity index (χ4v) is 3.81. The molecule has 4 rings (SSSR count). The van der Waals surface area contributed by atoms with Crippen LogP contribution in [0, 0.1) is 0 Å². The van der Waals surface area contributed by atoms with Gasteiger partial charge < -0.3 is 15.6 Å². The summed E-state index contributed by atoms with van der Waals surface area (Å²) in [7, 11) is 0. The van der Waals surface area contributed by atoms with Crippen molar-refractivity contribution >= 4 is 17.9 Å². The maximum Gasteiger partial charge on any atom is 0.293 e. The standard InChI is InChI=1S/C21H27N9O4/c1-3-33-17-10-14(7-8-16(17)31)11-23-25-21(32)18-15(12-29-9-5-4-6-13(29)2)30(28-24-18)20-19(22)26-34-27-20/h7-8,10-11,13,31H,3-6,9,12H2,1-2H3,(H2,22,26)(H,25,32)/b23-11-. The highest BCUT2D eigenvalue weighted by Crippen LogP contribution is 2.26. The van der Waals surface area contributed by atoms with Gasteiger partial charge in [0.25, 0.3) is 5.91 Å². The maximum absolute atomic E-state index is 13.0. The molecule has 1 atom stereocenters. The van der Waals surface area contributed by atoms with Gasteiger partial charge in [-0.05, 0) is 67.3 Å². The highest BCUT2D eigenvalue weighted by atomic mass is 16.6. The van der Waals surface area contributed by atoms with Crippen molar-refractivity contribution in [1.82, 2.24) is 35.6 Å². The summed E-state index contributed by atoms with van der Waals surface area (Å²) in [6, 6.07) is 5.10. The van der Waals surface area contributed by atoms with Crippen molar-refractivity contribution in [3.05, 3.63) is 35.2 Å². The van der Waals surface area contributed by atoms with Gasteiger partial charge in [0.1, 0.15) is 0 Å². The second-order valence-corrected chi connectivity index (χ2v) is 7.94. The number of nitrogens with one attached hydrogen (secondary N) is 1. The third kappa shape index (κ3) is 4.98. The van der Waals surface area contributed by atoms with Crippen molar-refractivity contribution < 1.29 is 19.3 Å². The van der Waals surface area contributed by atoms with Crippen molar-refractivity contribution in [3.63, 3.8) is 0 Å². The van der Waals surface area contributed by atoms with Gasteiger partial charge in [0.2, 0.25) is 11.6 Å². The van der Waals surface area contributed by atoms with Crippen molar-refractivity contribution in [2.24, 2.45) is 5.10 Å². The molecule has 3 heterocycles. The Kier molecular flexibility index (Phi) is 7.01. The molecule has 0 spiro atoms. The number of anilines is 1. The number of hydrogen-bond acceptors (Lipinski definition) is 11. The molecule has 1 saturated heterocycles. The van der Waals surface area contributed by atoms with Gasteiger partial charge in [-0.1, -0.05) is 11.6 Å². The number of nitrogens with two attached hydrogens (primary N) is 1. The van der Waals surface area contributed by atoms with Crippen LogP contribution in [0.4, 0.5) is 5.82 Å². The Morgan fingerprint density at radius 3 is 3.00 bits per heavy atom. The molecule has 1 amide bonds. The lowest BCUT2D eigenvalue weighted by atomic mass is 10.0. The molecule has 1 aliphatic heterocycles. The molecule has 4 N–H and O–H groups in total. The van der Waals surface area contributed by atoms with E-state index >= 15 is 0 Å². The summed E-state index contributed by atoms with van der Waals surface area (Å²) in [5.74, 6) is 0.0267. The largest absolute Gasteiger partial charge is 0.504 e. The Morgan fingerprint density at radius 1 is 1.41 bits per heavy atom. The number of amides is 1. The fraction of sp³-hybridized carbons (Fsp3) is 0.429. The average Bonchev–Trinajstić information content (AvgIpc) is 3.43. The van der Waals surface area contributed by atoms with Crippen LogP contribution in [-0.4, -0.2) is 66.6 Å². The first kappa shape index (κ1) is 23.2. The summed E-state index contributed by atoms with van der Waals surface area (Å²) >= 11 is 0. The minimum atomic E-state index is -0.541. The quantitative estimate of drug-likeness (QED) is 0.324. The van der Waals surface area contributed by atoms with Crippen molar-refractivity contribution in [3.8, 4) is 17.3 Å². The summed E-state index contributed by atoms with van der Waals surface area (Å²) in [6.45, 7) is 5.68. The van der Waals surface area contributed by atoms with Crippen LogP contribution in [0.25, 0.3) is 5.82 Å². The van der Waals surface area contributed by atoms with E-state index in [2.05, 4.69) is 43.0 Å². The summed E-state index contributed by atoms with van der Waals surface area (Å²) < 4.78 is 11.4. The number of phenols is 1. The smallest absolute Gasteiger partial charge is 0.293 e. The predicted octanol–water partition coefficient (Wildman–Crippen LogP) is 1.48. The van der Waals surface area contributed by atoms with Crippen LogP contribution in [0.1, 0.15) is 54.9 Å². The van der Waals surface area contributed by atoms with E-state index in [0.717, 1.165) is 19.4 Å². The lowest BCUT2D eigenvalue weighted by Crippen LogP contribution is -2.38. The third-order valence-electron chi connectivity index (χ3n) is 5.63. The zero-order chi connectivity index (χ0) is 24.1. The predicted molar refractivity (Wildman–Crippen MR) is 122 cm³/mol. The lowest BCUT2D eigenvalue weighted by Gasteiger charge is -2.33. The number of carbonyl (C=O) groups is 1. The van der Waals surface area contributed by atoms with E-state index in [1.54, 1.807) is 12.1 Å². The zero-order valence-corrected chi connectivity index (χ0v) is 19.0. The van der Waals surface area contributed by atoms with Gasteiger partial charge in [-0.2, -0.15) is 9.78 Å². The monoisotopic (exact) mass is 469 g/mol. The highest BCUT2D eigenvalue weighted by molar-refractivity contribution is 5.94. The molecule has 0 radical (unpaired) electrons. The van der Waals surface area contributed by atoms with E-state index < -0.39 is 5.91 Å². The molecular formula is C21H27N9O4. The number of aromatic nitrogens is 5. The maximum atomic E-state index is 13.0. The van der Waals surface area contributed by atoms with E-state index in [0.29, 0.717) is 36.2 Å². The second-order valence-electron chi connectivity index (χ2n) is 7.94. The molecule has 0 saturated carbocycles. The number of benzene rings is 1. The van der Waals surface area contributed by atoms with E-state index in [4.69, 9.17) is 15.1 Å². The van der Waals surface area contributed by atoms with Gasteiger partial charge >= 0.3 is 0 Å². The topological polar surface area (TPSA) is 170 Å². The molecule has 13 nitrogen and oxygen atoms in total. The number of rotatable bonds is 8. The summed E-state index contributed by atoms with van der Waals surface area (Å²) in [6.07, 6.45) is 4.75. The first-order valence-corrected chi connectivity index (χ1v) is 11.0. The van der Waals surface area contributed by atoms with Crippen LogP contribution >= 0.6 is 0 Å². The SMILES string of the molecule is CCOc1cc(/C=N\NC(=O)c2nnn(-c3nonc3N)c2CN2CCCCC2C)ccc1O. The number of ether oxygens (including phenoxy) is 1. The minimum absolute atomic E-state index is 0.0258. The second kappa shape index (κ2) is 10.3. The highest BCUT2D eigenvalue weighted by Gasteiger charge is 2.28.